The Balaban J connectivity index is 1.94. The van der Waals surface area contributed by atoms with Crippen LogP contribution in [0.1, 0.15) is 22.9 Å². The molecule has 2 N–H and O–H groups in total. The fourth-order valence-corrected chi connectivity index (χ4v) is 3.37. The fraction of sp³-hybridized carbons (Fsp3) is 0.231. The van der Waals surface area contributed by atoms with E-state index in [1.165, 1.54) is 10.4 Å². The van der Waals surface area contributed by atoms with Crippen LogP contribution in [-0.2, 0) is 6.42 Å². The quantitative estimate of drug-likeness (QED) is 0.901. The number of nitrogens with two attached hydrogens (primary N) is 1. The first-order valence-corrected chi connectivity index (χ1v) is 6.97. The van der Waals surface area contributed by atoms with Gasteiger partial charge in [-0.25, -0.2) is 0 Å². The first kappa shape index (κ1) is 11.8. The minimum atomic E-state index is 0.134. The Hall–Kier alpha value is -0.640. The third-order valence-corrected chi connectivity index (χ3v) is 4.57. The van der Waals surface area contributed by atoms with Crippen molar-refractivity contribution in [3.8, 4) is 0 Å². The summed E-state index contributed by atoms with van der Waals surface area (Å²) >= 11 is 5.24. The number of rotatable bonds is 4. The maximum Gasteiger partial charge on any atom is 0.0404 e. The Morgan fingerprint density at radius 3 is 2.56 bits per heavy atom. The second kappa shape index (κ2) is 5.62. The highest BCUT2D eigenvalue weighted by atomic mass is 79.9. The van der Waals surface area contributed by atoms with Crippen molar-refractivity contribution in [3.63, 3.8) is 0 Å². The van der Waals surface area contributed by atoms with Crippen LogP contribution in [0.3, 0.4) is 0 Å². The number of hydrogen-bond acceptors (Lipinski definition) is 2. The molecule has 0 aliphatic rings. The molecule has 0 radical (unpaired) electrons. The Labute approximate surface area is 108 Å². The molecule has 1 aromatic heterocycles. The summed E-state index contributed by atoms with van der Waals surface area (Å²) in [6, 6.07) is 12.7. The lowest BCUT2D eigenvalue weighted by atomic mass is 10.1. The second-order valence-corrected chi connectivity index (χ2v) is 5.57. The van der Waals surface area contributed by atoms with Crippen LogP contribution in [-0.4, -0.2) is 0 Å². The van der Waals surface area contributed by atoms with Gasteiger partial charge in [0.25, 0.3) is 0 Å². The maximum absolute atomic E-state index is 6.17. The van der Waals surface area contributed by atoms with Crippen LogP contribution in [0.25, 0.3) is 0 Å². The molecule has 0 amide bonds. The van der Waals surface area contributed by atoms with Gasteiger partial charge in [0.1, 0.15) is 0 Å². The van der Waals surface area contributed by atoms with Crippen LogP contribution in [0.2, 0.25) is 0 Å². The largest absolute Gasteiger partial charge is 0.323 e. The van der Waals surface area contributed by atoms with Gasteiger partial charge in [0, 0.05) is 15.4 Å². The molecule has 0 aliphatic carbocycles. The summed E-state index contributed by atoms with van der Waals surface area (Å²) in [5.41, 5.74) is 7.52. The van der Waals surface area contributed by atoms with E-state index in [2.05, 4.69) is 51.6 Å². The van der Waals surface area contributed by atoms with Crippen LogP contribution in [0, 0.1) is 0 Å². The minimum absolute atomic E-state index is 0.134. The fourth-order valence-electron chi connectivity index (χ4n) is 1.67. The third kappa shape index (κ3) is 2.94. The van der Waals surface area contributed by atoms with Crippen LogP contribution >= 0.6 is 27.3 Å². The molecule has 1 nitrogen and oxygen atoms in total. The van der Waals surface area contributed by atoms with Crippen molar-refractivity contribution in [3.05, 3.63) is 56.7 Å². The van der Waals surface area contributed by atoms with Gasteiger partial charge in [-0.2, -0.15) is 0 Å². The molecule has 16 heavy (non-hydrogen) atoms. The molecule has 0 spiro atoms. The van der Waals surface area contributed by atoms with Crippen molar-refractivity contribution in [2.75, 3.05) is 0 Å². The van der Waals surface area contributed by atoms with Crippen LogP contribution in [0.15, 0.2) is 46.3 Å². The Kier molecular flexibility index (Phi) is 4.16. The van der Waals surface area contributed by atoms with Gasteiger partial charge in [-0.3, -0.25) is 0 Å². The summed E-state index contributed by atoms with van der Waals surface area (Å²) in [5.74, 6) is 0. The predicted octanol–water partition coefficient (Wildman–Crippen LogP) is 4.14. The van der Waals surface area contributed by atoms with E-state index in [4.69, 9.17) is 5.73 Å². The molecule has 2 rings (SSSR count). The van der Waals surface area contributed by atoms with Crippen LogP contribution in [0.5, 0.6) is 0 Å². The molecule has 84 valence electrons. The predicted molar refractivity (Wildman–Crippen MR) is 73.7 cm³/mol. The zero-order valence-corrected chi connectivity index (χ0v) is 11.3. The Morgan fingerprint density at radius 1 is 1.19 bits per heavy atom. The molecule has 1 atom stereocenters. The molecule has 0 aliphatic heterocycles. The number of halogens is 1. The lowest BCUT2D eigenvalue weighted by Crippen LogP contribution is -2.10. The lowest BCUT2D eigenvalue weighted by molar-refractivity contribution is 0.660. The first-order valence-electron chi connectivity index (χ1n) is 5.30. The summed E-state index contributed by atoms with van der Waals surface area (Å²) < 4.78 is 1.14. The first-order chi connectivity index (χ1) is 7.77. The Morgan fingerprint density at radius 2 is 1.94 bits per heavy atom. The number of hydrogen-bond donors (Lipinski definition) is 1. The molecule has 0 fully saturated rings. The van der Waals surface area contributed by atoms with E-state index < -0.39 is 0 Å². The van der Waals surface area contributed by atoms with E-state index in [9.17, 15) is 0 Å². The van der Waals surface area contributed by atoms with Gasteiger partial charge in [-0.1, -0.05) is 30.3 Å². The molecule has 1 aromatic carbocycles. The van der Waals surface area contributed by atoms with Gasteiger partial charge in [0.15, 0.2) is 0 Å². The molecule has 0 saturated carbocycles. The lowest BCUT2D eigenvalue weighted by Gasteiger charge is -2.10. The normalized spacial score (nSPS) is 12.6. The number of aryl methyl sites for hydroxylation is 1. The van der Waals surface area contributed by atoms with Crippen molar-refractivity contribution < 1.29 is 0 Å². The van der Waals surface area contributed by atoms with Crippen molar-refractivity contribution in [1.82, 2.24) is 0 Å². The highest BCUT2D eigenvalue weighted by molar-refractivity contribution is 9.10. The topological polar surface area (TPSA) is 26.0 Å². The van der Waals surface area contributed by atoms with E-state index in [1.807, 2.05) is 6.07 Å². The van der Waals surface area contributed by atoms with Gasteiger partial charge in [-0.05, 0) is 45.8 Å². The van der Waals surface area contributed by atoms with Gasteiger partial charge in [-0.15, -0.1) is 11.3 Å². The van der Waals surface area contributed by atoms with Crippen LogP contribution < -0.4 is 5.73 Å². The van der Waals surface area contributed by atoms with Crippen molar-refractivity contribution in [1.29, 1.82) is 0 Å². The van der Waals surface area contributed by atoms with Gasteiger partial charge in [0.05, 0.1) is 0 Å². The molecule has 1 unspecified atom stereocenters. The zero-order valence-electron chi connectivity index (χ0n) is 8.90. The number of thiophene rings is 1. The van der Waals surface area contributed by atoms with Gasteiger partial charge in [0.2, 0.25) is 0 Å². The summed E-state index contributed by atoms with van der Waals surface area (Å²) in [5, 5.41) is 2.07. The van der Waals surface area contributed by atoms with Crippen molar-refractivity contribution in [2.24, 2.45) is 5.73 Å². The third-order valence-electron chi connectivity index (χ3n) is 2.57. The molecule has 3 heteroatoms. The number of benzene rings is 1. The van der Waals surface area contributed by atoms with Crippen molar-refractivity contribution in [2.45, 2.75) is 18.9 Å². The smallest absolute Gasteiger partial charge is 0.0404 e. The molecule has 1 heterocycles. The summed E-state index contributed by atoms with van der Waals surface area (Å²) in [7, 11) is 0. The second-order valence-electron chi connectivity index (χ2n) is 3.76. The summed E-state index contributed by atoms with van der Waals surface area (Å²) in [6.45, 7) is 0. The highest BCUT2D eigenvalue weighted by Gasteiger charge is 2.10. The van der Waals surface area contributed by atoms with Gasteiger partial charge >= 0.3 is 0 Å². The molecule has 2 aromatic rings. The SMILES string of the molecule is NC(CCc1ccccc1)c1sccc1Br. The monoisotopic (exact) mass is 295 g/mol. The standard InChI is InChI=1S/C13H14BrNS/c14-11-8-9-16-13(11)12(15)7-6-10-4-2-1-3-5-10/h1-5,8-9,12H,6-7,15H2. The Bertz CT molecular complexity index is 438. The van der Waals surface area contributed by atoms with E-state index >= 15 is 0 Å². The van der Waals surface area contributed by atoms with Crippen LogP contribution in [0.4, 0.5) is 0 Å². The average molecular weight is 296 g/mol. The molecular weight excluding hydrogens is 282 g/mol. The van der Waals surface area contributed by atoms with E-state index in [-0.39, 0.29) is 6.04 Å². The zero-order chi connectivity index (χ0) is 11.4. The van der Waals surface area contributed by atoms with E-state index in [0.29, 0.717) is 0 Å². The summed E-state index contributed by atoms with van der Waals surface area (Å²) in [4.78, 5) is 1.25. The highest BCUT2D eigenvalue weighted by Crippen LogP contribution is 2.29. The van der Waals surface area contributed by atoms with Gasteiger partial charge < -0.3 is 5.73 Å². The average Bonchev–Trinajstić information content (AvgIpc) is 2.74. The molecular formula is C13H14BrNS. The molecule has 0 saturated heterocycles. The summed E-state index contributed by atoms with van der Waals surface area (Å²) in [6.07, 6.45) is 2.02. The minimum Gasteiger partial charge on any atom is -0.323 e. The van der Waals surface area contributed by atoms with E-state index in [1.54, 1.807) is 11.3 Å². The molecule has 0 bridgehead atoms. The maximum atomic E-state index is 6.17. The van der Waals surface area contributed by atoms with Crippen molar-refractivity contribution >= 4 is 27.3 Å². The van der Waals surface area contributed by atoms with E-state index in [0.717, 1.165) is 17.3 Å².